The molecule has 132 valence electrons. The van der Waals surface area contributed by atoms with Gasteiger partial charge < -0.3 is 10.6 Å². The van der Waals surface area contributed by atoms with Crippen LogP contribution in [0.3, 0.4) is 0 Å². The molecule has 0 fully saturated rings. The number of anilines is 1. The number of hydrogen-bond donors (Lipinski definition) is 2. The molecule has 0 aliphatic rings. The van der Waals surface area contributed by atoms with Crippen molar-refractivity contribution in [1.82, 2.24) is 10.3 Å². The summed E-state index contributed by atoms with van der Waals surface area (Å²) in [4.78, 5) is 25.4. The maximum Gasteiger partial charge on any atom is 0.417 e. The number of alkyl halides is 3. The molecule has 2 rings (SSSR count). The van der Waals surface area contributed by atoms with E-state index in [1.54, 1.807) is 0 Å². The van der Waals surface area contributed by atoms with E-state index in [2.05, 4.69) is 15.6 Å². The third-order valence-corrected chi connectivity index (χ3v) is 3.15. The van der Waals surface area contributed by atoms with E-state index in [1.165, 1.54) is 30.3 Å². The Morgan fingerprint density at radius 1 is 1.12 bits per heavy atom. The summed E-state index contributed by atoms with van der Waals surface area (Å²) in [5.41, 5.74) is -0.700. The van der Waals surface area contributed by atoms with Crippen molar-refractivity contribution in [3.05, 3.63) is 63.8 Å². The molecule has 7 nitrogen and oxygen atoms in total. The van der Waals surface area contributed by atoms with E-state index in [0.29, 0.717) is 0 Å². The molecule has 10 heteroatoms. The first-order valence-electron chi connectivity index (χ1n) is 7.07. The van der Waals surface area contributed by atoms with E-state index >= 15 is 0 Å². The van der Waals surface area contributed by atoms with Crippen molar-refractivity contribution >= 4 is 17.4 Å². The largest absolute Gasteiger partial charge is 0.417 e. The first-order valence-corrected chi connectivity index (χ1v) is 7.07. The molecule has 1 aromatic carbocycles. The molecule has 1 aromatic heterocycles. The number of pyridine rings is 1. The van der Waals surface area contributed by atoms with Crippen LogP contribution in [-0.4, -0.2) is 28.9 Å². The van der Waals surface area contributed by atoms with Crippen LogP contribution < -0.4 is 10.6 Å². The molecule has 0 spiro atoms. The van der Waals surface area contributed by atoms with Gasteiger partial charge in [-0.2, -0.15) is 13.2 Å². The van der Waals surface area contributed by atoms with E-state index in [1.807, 2.05) is 0 Å². The van der Waals surface area contributed by atoms with Crippen molar-refractivity contribution in [3.8, 4) is 0 Å². The van der Waals surface area contributed by atoms with Gasteiger partial charge in [-0.15, -0.1) is 0 Å². The number of nitro groups is 1. The van der Waals surface area contributed by atoms with Gasteiger partial charge in [-0.1, -0.05) is 0 Å². The molecule has 0 unspecified atom stereocenters. The molecule has 0 saturated carbocycles. The third kappa shape index (κ3) is 5.16. The zero-order valence-corrected chi connectivity index (χ0v) is 12.7. The molecule has 0 aliphatic carbocycles. The Hall–Kier alpha value is -3.17. The summed E-state index contributed by atoms with van der Waals surface area (Å²) in [5.74, 6) is -0.172. The highest BCUT2D eigenvalue weighted by atomic mass is 19.4. The van der Waals surface area contributed by atoms with E-state index in [4.69, 9.17) is 0 Å². The number of rotatable bonds is 6. The van der Waals surface area contributed by atoms with Gasteiger partial charge in [0.05, 0.1) is 10.5 Å². The van der Waals surface area contributed by atoms with Gasteiger partial charge in [-0.3, -0.25) is 14.9 Å². The molecule has 1 amide bonds. The van der Waals surface area contributed by atoms with Crippen LogP contribution in [0.15, 0.2) is 42.6 Å². The first-order chi connectivity index (χ1) is 11.8. The highest BCUT2D eigenvalue weighted by molar-refractivity contribution is 5.94. The van der Waals surface area contributed by atoms with Gasteiger partial charge >= 0.3 is 6.18 Å². The number of hydrogen-bond acceptors (Lipinski definition) is 5. The van der Waals surface area contributed by atoms with Crippen LogP contribution in [0.1, 0.15) is 15.9 Å². The van der Waals surface area contributed by atoms with Crippen LogP contribution in [0.2, 0.25) is 0 Å². The number of carbonyl (C=O) groups excluding carboxylic acids is 1. The minimum Gasteiger partial charge on any atom is -0.368 e. The number of carbonyl (C=O) groups is 1. The average molecular weight is 354 g/mol. The zero-order chi connectivity index (χ0) is 18.4. The molecule has 0 radical (unpaired) electrons. The number of nitrogens with one attached hydrogen (secondary N) is 2. The van der Waals surface area contributed by atoms with Crippen LogP contribution in [0.5, 0.6) is 0 Å². The molecule has 2 aromatic rings. The number of non-ortho nitro benzene ring substituents is 1. The quantitative estimate of drug-likeness (QED) is 0.472. The fraction of sp³-hybridized carbons (Fsp3) is 0.200. The van der Waals surface area contributed by atoms with Crippen LogP contribution in [0, 0.1) is 10.1 Å². The van der Waals surface area contributed by atoms with E-state index in [-0.39, 0.29) is 30.2 Å². The summed E-state index contributed by atoms with van der Waals surface area (Å²) < 4.78 is 37.2. The molecule has 0 aliphatic heterocycles. The summed E-state index contributed by atoms with van der Waals surface area (Å²) in [7, 11) is 0. The Labute approximate surface area is 140 Å². The van der Waals surface area contributed by atoms with Gasteiger partial charge in [0, 0.05) is 37.0 Å². The fourth-order valence-electron chi connectivity index (χ4n) is 1.87. The number of halogens is 3. The standard InChI is InChI=1S/C15H13F3N4O3/c16-15(17,18)11-3-6-13(21-9-11)19-7-8-20-14(23)10-1-4-12(5-2-10)22(24)25/h1-6,9H,7-8H2,(H,19,21)(H,20,23). The van der Waals surface area contributed by atoms with Crippen molar-refractivity contribution in [2.45, 2.75) is 6.18 Å². The summed E-state index contributed by atoms with van der Waals surface area (Å²) in [6, 6.07) is 7.21. The van der Waals surface area contributed by atoms with Crippen LogP contribution in [-0.2, 0) is 6.18 Å². The monoisotopic (exact) mass is 354 g/mol. The highest BCUT2D eigenvalue weighted by Gasteiger charge is 2.30. The van der Waals surface area contributed by atoms with Crippen LogP contribution in [0.4, 0.5) is 24.7 Å². The second kappa shape index (κ2) is 7.60. The lowest BCUT2D eigenvalue weighted by Gasteiger charge is -2.09. The summed E-state index contributed by atoms with van der Waals surface area (Å²) in [6.07, 6.45) is -3.72. The number of benzene rings is 1. The Morgan fingerprint density at radius 2 is 1.80 bits per heavy atom. The SMILES string of the molecule is O=C(NCCNc1ccc(C(F)(F)F)cn1)c1ccc([N+](=O)[O-])cc1. The van der Waals surface area contributed by atoms with Gasteiger partial charge in [-0.25, -0.2) is 4.98 Å². The summed E-state index contributed by atoms with van der Waals surface area (Å²) in [6.45, 7) is 0.440. The lowest BCUT2D eigenvalue weighted by atomic mass is 10.2. The maximum atomic E-state index is 12.4. The van der Waals surface area contributed by atoms with Crippen molar-refractivity contribution in [3.63, 3.8) is 0 Å². The lowest BCUT2D eigenvalue weighted by Crippen LogP contribution is -2.28. The fourth-order valence-corrected chi connectivity index (χ4v) is 1.87. The van der Waals surface area contributed by atoms with Crippen molar-refractivity contribution in [1.29, 1.82) is 0 Å². The predicted molar refractivity (Wildman–Crippen MR) is 83.2 cm³/mol. The second-order valence-electron chi connectivity index (χ2n) is 4.92. The minimum atomic E-state index is -4.44. The van der Waals surface area contributed by atoms with E-state index in [9.17, 15) is 28.1 Å². The van der Waals surface area contributed by atoms with Crippen LogP contribution >= 0.6 is 0 Å². The first kappa shape index (κ1) is 18.2. The Kier molecular flexibility index (Phi) is 5.52. The van der Waals surface area contributed by atoms with Gasteiger partial charge in [0.15, 0.2) is 0 Å². The Bertz CT molecular complexity index is 746. The molecule has 2 N–H and O–H groups in total. The maximum absolute atomic E-state index is 12.4. The highest BCUT2D eigenvalue weighted by Crippen LogP contribution is 2.28. The third-order valence-electron chi connectivity index (χ3n) is 3.15. The summed E-state index contributed by atoms with van der Waals surface area (Å²) in [5, 5.41) is 15.9. The van der Waals surface area contributed by atoms with E-state index < -0.39 is 22.6 Å². The predicted octanol–water partition coefficient (Wildman–Crippen LogP) is 2.85. The Balaban J connectivity index is 1.78. The molecule has 1 heterocycles. The number of nitrogens with zero attached hydrogens (tertiary/aromatic N) is 2. The van der Waals surface area contributed by atoms with Crippen molar-refractivity contribution in [2.75, 3.05) is 18.4 Å². The smallest absolute Gasteiger partial charge is 0.368 e. The summed E-state index contributed by atoms with van der Waals surface area (Å²) >= 11 is 0. The van der Waals surface area contributed by atoms with Gasteiger partial charge in [0.2, 0.25) is 0 Å². The molecule has 0 saturated heterocycles. The molecule has 0 bridgehead atoms. The lowest BCUT2D eigenvalue weighted by molar-refractivity contribution is -0.384. The number of amides is 1. The van der Waals surface area contributed by atoms with Crippen LogP contribution in [0.25, 0.3) is 0 Å². The van der Waals surface area contributed by atoms with Gasteiger partial charge in [0.1, 0.15) is 5.82 Å². The normalized spacial score (nSPS) is 11.0. The topological polar surface area (TPSA) is 97.2 Å². The molecule has 0 atom stereocenters. The molecular formula is C15H13F3N4O3. The zero-order valence-electron chi connectivity index (χ0n) is 12.7. The van der Waals surface area contributed by atoms with E-state index in [0.717, 1.165) is 12.3 Å². The second-order valence-corrected chi connectivity index (χ2v) is 4.92. The van der Waals surface area contributed by atoms with Gasteiger partial charge in [0.25, 0.3) is 11.6 Å². The Morgan fingerprint density at radius 3 is 2.32 bits per heavy atom. The number of aromatic nitrogens is 1. The van der Waals surface area contributed by atoms with Crippen molar-refractivity contribution in [2.24, 2.45) is 0 Å². The molecule has 25 heavy (non-hydrogen) atoms. The average Bonchev–Trinajstić information content (AvgIpc) is 2.58. The molecular weight excluding hydrogens is 341 g/mol. The number of nitro benzene ring substituents is 1. The van der Waals surface area contributed by atoms with Crippen molar-refractivity contribution < 1.29 is 22.9 Å². The van der Waals surface area contributed by atoms with Gasteiger partial charge in [-0.05, 0) is 24.3 Å². The minimum absolute atomic E-state index is 0.119.